The summed E-state index contributed by atoms with van der Waals surface area (Å²) in [7, 11) is 0. The zero-order chi connectivity index (χ0) is 15.8. The Bertz CT molecular complexity index is 626. The molecule has 114 valence electrons. The second-order valence-corrected chi connectivity index (χ2v) is 5.64. The highest BCUT2D eigenvalue weighted by molar-refractivity contribution is 9.10. The van der Waals surface area contributed by atoms with Gasteiger partial charge in [-0.25, -0.2) is 0 Å². The molecular weight excluding hydrogens is 346 g/mol. The molecule has 0 unspecified atom stereocenters. The van der Waals surface area contributed by atoms with Gasteiger partial charge in [-0.3, -0.25) is 9.59 Å². The molecule has 22 heavy (non-hydrogen) atoms. The van der Waals surface area contributed by atoms with Crippen molar-refractivity contribution in [2.75, 3.05) is 6.54 Å². The first-order chi connectivity index (χ1) is 10.6. The van der Waals surface area contributed by atoms with Crippen molar-refractivity contribution in [3.63, 3.8) is 0 Å². The zero-order valence-corrected chi connectivity index (χ0v) is 13.5. The maximum atomic E-state index is 11.7. The third-order valence-corrected chi connectivity index (χ3v) is 3.48. The first-order valence-electron chi connectivity index (χ1n) is 6.84. The SMILES string of the molecule is O=C(Cc1ccc(Br)cc1)NCC(=O)OCc1ccccc1. The minimum atomic E-state index is -0.451. The number of carbonyl (C=O) groups is 2. The van der Waals surface area contributed by atoms with E-state index in [0.29, 0.717) is 0 Å². The van der Waals surface area contributed by atoms with Gasteiger partial charge in [-0.05, 0) is 23.3 Å². The Kier molecular flexibility index (Phi) is 6.15. The van der Waals surface area contributed by atoms with Crippen LogP contribution in [-0.4, -0.2) is 18.4 Å². The summed E-state index contributed by atoms with van der Waals surface area (Å²) in [4.78, 5) is 23.3. The number of hydrogen-bond acceptors (Lipinski definition) is 3. The summed E-state index contributed by atoms with van der Waals surface area (Å²) in [5, 5.41) is 2.56. The van der Waals surface area contributed by atoms with Crippen LogP contribution in [0.5, 0.6) is 0 Å². The Labute approximate surface area is 137 Å². The van der Waals surface area contributed by atoms with Crippen LogP contribution in [0.4, 0.5) is 0 Å². The number of halogens is 1. The number of nitrogens with one attached hydrogen (secondary N) is 1. The zero-order valence-electron chi connectivity index (χ0n) is 11.9. The molecule has 1 amide bonds. The Hall–Kier alpha value is -2.14. The smallest absolute Gasteiger partial charge is 0.325 e. The quantitative estimate of drug-likeness (QED) is 0.804. The maximum Gasteiger partial charge on any atom is 0.325 e. The van der Waals surface area contributed by atoms with Gasteiger partial charge in [0, 0.05) is 4.47 Å². The molecule has 0 saturated carbocycles. The number of ether oxygens (including phenoxy) is 1. The molecule has 0 fully saturated rings. The van der Waals surface area contributed by atoms with Gasteiger partial charge in [0.15, 0.2) is 0 Å². The maximum absolute atomic E-state index is 11.7. The highest BCUT2D eigenvalue weighted by Gasteiger charge is 2.07. The van der Waals surface area contributed by atoms with Crippen LogP contribution >= 0.6 is 15.9 Å². The average Bonchev–Trinajstić information content (AvgIpc) is 2.54. The van der Waals surface area contributed by atoms with Crippen molar-refractivity contribution in [2.24, 2.45) is 0 Å². The monoisotopic (exact) mass is 361 g/mol. The first-order valence-corrected chi connectivity index (χ1v) is 7.63. The number of rotatable bonds is 6. The first kappa shape index (κ1) is 16.2. The summed E-state index contributed by atoms with van der Waals surface area (Å²) in [6.45, 7) is 0.0877. The lowest BCUT2D eigenvalue weighted by Gasteiger charge is -2.07. The summed E-state index contributed by atoms with van der Waals surface area (Å²) in [5.74, 6) is -0.660. The summed E-state index contributed by atoms with van der Waals surface area (Å²) in [6, 6.07) is 16.9. The molecule has 0 aliphatic rings. The van der Waals surface area contributed by atoms with E-state index < -0.39 is 5.97 Å². The molecule has 0 spiro atoms. The largest absolute Gasteiger partial charge is 0.460 e. The number of carbonyl (C=O) groups excluding carboxylic acids is 2. The molecule has 0 heterocycles. The number of esters is 1. The molecule has 0 aliphatic carbocycles. The van der Waals surface area contributed by atoms with Crippen molar-refractivity contribution in [1.29, 1.82) is 0 Å². The molecule has 0 aromatic heterocycles. The molecule has 0 saturated heterocycles. The minimum absolute atomic E-state index is 0.123. The van der Waals surface area contributed by atoms with Crippen LogP contribution in [0.2, 0.25) is 0 Å². The third-order valence-electron chi connectivity index (χ3n) is 2.95. The van der Waals surface area contributed by atoms with E-state index in [-0.39, 0.29) is 25.5 Å². The van der Waals surface area contributed by atoms with Crippen molar-refractivity contribution in [2.45, 2.75) is 13.0 Å². The van der Waals surface area contributed by atoms with Gasteiger partial charge in [-0.15, -0.1) is 0 Å². The van der Waals surface area contributed by atoms with Gasteiger partial charge in [-0.1, -0.05) is 58.4 Å². The molecule has 2 aromatic carbocycles. The van der Waals surface area contributed by atoms with E-state index in [4.69, 9.17) is 4.74 Å². The van der Waals surface area contributed by atoms with Gasteiger partial charge in [0.25, 0.3) is 0 Å². The number of amides is 1. The van der Waals surface area contributed by atoms with Crippen molar-refractivity contribution in [1.82, 2.24) is 5.32 Å². The lowest BCUT2D eigenvalue weighted by molar-refractivity contribution is -0.145. The number of benzene rings is 2. The second-order valence-electron chi connectivity index (χ2n) is 4.73. The fraction of sp³-hybridized carbons (Fsp3) is 0.176. The van der Waals surface area contributed by atoms with Crippen LogP contribution in [0.15, 0.2) is 59.1 Å². The Morgan fingerprint density at radius 1 is 0.955 bits per heavy atom. The normalized spacial score (nSPS) is 10.0. The van der Waals surface area contributed by atoms with E-state index in [9.17, 15) is 9.59 Å². The molecule has 0 bridgehead atoms. The Morgan fingerprint density at radius 3 is 2.32 bits per heavy atom. The van der Waals surface area contributed by atoms with Gasteiger partial charge < -0.3 is 10.1 Å². The van der Waals surface area contributed by atoms with Gasteiger partial charge >= 0.3 is 5.97 Å². The van der Waals surface area contributed by atoms with E-state index >= 15 is 0 Å². The van der Waals surface area contributed by atoms with Crippen LogP contribution in [-0.2, 0) is 27.4 Å². The summed E-state index contributed by atoms with van der Waals surface area (Å²) in [6.07, 6.45) is 0.235. The standard InChI is InChI=1S/C17H16BrNO3/c18-15-8-6-13(7-9-15)10-16(20)19-11-17(21)22-12-14-4-2-1-3-5-14/h1-9H,10-12H2,(H,19,20). The lowest BCUT2D eigenvalue weighted by Crippen LogP contribution is -2.31. The summed E-state index contributed by atoms with van der Waals surface area (Å²) < 4.78 is 6.04. The van der Waals surface area contributed by atoms with Crippen molar-refractivity contribution < 1.29 is 14.3 Å². The fourth-order valence-corrected chi connectivity index (χ4v) is 2.07. The van der Waals surface area contributed by atoms with Crippen LogP contribution in [0.3, 0.4) is 0 Å². The lowest BCUT2D eigenvalue weighted by atomic mass is 10.1. The molecule has 2 aromatic rings. The molecular formula is C17H16BrNO3. The molecule has 0 aliphatic heterocycles. The fourth-order valence-electron chi connectivity index (χ4n) is 1.81. The highest BCUT2D eigenvalue weighted by Crippen LogP contribution is 2.10. The van der Waals surface area contributed by atoms with E-state index in [1.807, 2.05) is 54.6 Å². The molecule has 1 N–H and O–H groups in total. The van der Waals surface area contributed by atoms with Crippen LogP contribution in [0.25, 0.3) is 0 Å². The third kappa shape index (κ3) is 5.69. The molecule has 4 nitrogen and oxygen atoms in total. The van der Waals surface area contributed by atoms with Crippen LogP contribution < -0.4 is 5.32 Å². The van der Waals surface area contributed by atoms with Gasteiger partial charge in [-0.2, -0.15) is 0 Å². The summed E-state index contributed by atoms with van der Waals surface area (Å²) >= 11 is 3.34. The van der Waals surface area contributed by atoms with E-state index in [0.717, 1.165) is 15.6 Å². The second kappa shape index (κ2) is 8.34. The van der Waals surface area contributed by atoms with E-state index in [2.05, 4.69) is 21.2 Å². The van der Waals surface area contributed by atoms with Crippen molar-refractivity contribution in [3.8, 4) is 0 Å². The van der Waals surface area contributed by atoms with Crippen molar-refractivity contribution in [3.05, 3.63) is 70.2 Å². The van der Waals surface area contributed by atoms with Crippen molar-refractivity contribution >= 4 is 27.8 Å². The van der Waals surface area contributed by atoms with Crippen LogP contribution in [0.1, 0.15) is 11.1 Å². The van der Waals surface area contributed by atoms with Gasteiger partial charge in [0.05, 0.1) is 6.42 Å². The predicted octanol–water partition coefficient (Wildman–Crippen LogP) is 2.85. The van der Waals surface area contributed by atoms with E-state index in [1.54, 1.807) is 0 Å². The molecule has 5 heteroatoms. The topological polar surface area (TPSA) is 55.4 Å². The molecule has 0 radical (unpaired) electrons. The van der Waals surface area contributed by atoms with Gasteiger partial charge in [0.1, 0.15) is 13.2 Å². The predicted molar refractivity (Wildman–Crippen MR) is 87.1 cm³/mol. The summed E-state index contributed by atoms with van der Waals surface area (Å²) in [5.41, 5.74) is 1.80. The number of hydrogen-bond donors (Lipinski definition) is 1. The highest BCUT2D eigenvalue weighted by atomic mass is 79.9. The van der Waals surface area contributed by atoms with Gasteiger partial charge in [0.2, 0.25) is 5.91 Å². The Balaban J connectivity index is 1.69. The molecule has 2 rings (SSSR count). The Morgan fingerprint density at radius 2 is 1.64 bits per heavy atom. The van der Waals surface area contributed by atoms with E-state index in [1.165, 1.54) is 0 Å². The van der Waals surface area contributed by atoms with Crippen LogP contribution in [0, 0.1) is 0 Å². The minimum Gasteiger partial charge on any atom is -0.460 e. The molecule has 0 atom stereocenters. The average molecular weight is 362 g/mol.